The van der Waals surface area contributed by atoms with Crippen molar-refractivity contribution >= 4 is 11.8 Å². The van der Waals surface area contributed by atoms with E-state index in [9.17, 15) is 4.79 Å². The van der Waals surface area contributed by atoms with Crippen molar-refractivity contribution in [2.45, 2.75) is 39.5 Å². The molecule has 0 atom stereocenters. The van der Waals surface area contributed by atoms with Crippen LogP contribution in [0, 0.1) is 0 Å². The molecule has 2 rings (SSSR count). The molecule has 0 aliphatic rings. The highest BCUT2D eigenvalue weighted by atomic mass is 16.6. The standard InChI is InChI=1S/C20H26N2O3/c1-20(2,3)25-19(23)22(13-15-8-6-5-7-9-15)14-16-10-11-17(21)18(12-16)24-4/h5-12H,13-14,21H2,1-4H3. The molecule has 2 aromatic carbocycles. The summed E-state index contributed by atoms with van der Waals surface area (Å²) in [5.41, 5.74) is 7.85. The van der Waals surface area contributed by atoms with Crippen LogP contribution in [0.25, 0.3) is 0 Å². The van der Waals surface area contributed by atoms with Crippen LogP contribution in [0.2, 0.25) is 0 Å². The summed E-state index contributed by atoms with van der Waals surface area (Å²) in [5.74, 6) is 0.598. The highest BCUT2D eigenvalue weighted by Crippen LogP contribution is 2.24. The number of nitrogens with two attached hydrogens (primary N) is 1. The molecule has 2 N–H and O–H groups in total. The Labute approximate surface area is 149 Å². The second kappa shape index (κ2) is 7.92. The number of carbonyl (C=O) groups excluding carboxylic acids is 1. The van der Waals surface area contributed by atoms with E-state index in [2.05, 4.69) is 0 Å². The van der Waals surface area contributed by atoms with Crippen LogP contribution in [0.4, 0.5) is 10.5 Å². The molecule has 0 radical (unpaired) electrons. The van der Waals surface area contributed by atoms with Crippen molar-refractivity contribution in [2.75, 3.05) is 12.8 Å². The fraction of sp³-hybridized carbons (Fsp3) is 0.350. The molecule has 0 bridgehead atoms. The van der Waals surface area contributed by atoms with Crippen LogP contribution in [0.5, 0.6) is 5.75 Å². The van der Waals surface area contributed by atoms with Crippen molar-refractivity contribution < 1.29 is 14.3 Å². The molecule has 0 unspecified atom stereocenters. The van der Waals surface area contributed by atoms with Gasteiger partial charge in [-0.05, 0) is 44.0 Å². The first-order valence-corrected chi connectivity index (χ1v) is 8.23. The average molecular weight is 342 g/mol. The SMILES string of the molecule is COc1cc(CN(Cc2ccccc2)C(=O)OC(C)(C)C)ccc1N. The van der Waals surface area contributed by atoms with Gasteiger partial charge in [0.15, 0.2) is 0 Å². The zero-order chi connectivity index (χ0) is 18.4. The van der Waals surface area contributed by atoms with Gasteiger partial charge in [0.25, 0.3) is 0 Å². The summed E-state index contributed by atoms with van der Waals surface area (Å²) in [6, 6.07) is 15.3. The zero-order valence-corrected chi connectivity index (χ0v) is 15.3. The smallest absolute Gasteiger partial charge is 0.410 e. The average Bonchev–Trinajstić information content (AvgIpc) is 2.55. The van der Waals surface area contributed by atoms with Gasteiger partial charge in [0.05, 0.1) is 12.8 Å². The molecule has 0 heterocycles. The van der Waals surface area contributed by atoms with E-state index in [0.29, 0.717) is 24.5 Å². The summed E-state index contributed by atoms with van der Waals surface area (Å²) in [6.07, 6.45) is -0.354. The quantitative estimate of drug-likeness (QED) is 0.827. The summed E-state index contributed by atoms with van der Waals surface area (Å²) >= 11 is 0. The molecular formula is C20H26N2O3. The predicted octanol–water partition coefficient (Wildman–Crippen LogP) is 4.21. The highest BCUT2D eigenvalue weighted by molar-refractivity contribution is 5.68. The Morgan fingerprint density at radius 3 is 2.28 bits per heavy atom. The third-order valence-corrected chi connectivity index (χ3v) is 3.54. The van der Waals surface area contributed by atoms with Gasteiger partial charge in [-0.15, -0.1) is 0 Å². The number of ether oxygens (including phenoxy) is 2. The molecule has 5 heteroatoms. The van der Waals surface area contributed by atoms with E-state index in [4.69, 9.17) is 15.2 Å². The Kier molecular flexibility index (Phi) is 5.91. The Hall–Kier alpha value is -2.69. The molecular weight excluding hydrogens is 316 g/mol. The van der Waals surface area contributed by atoms with Gasteiger partial charge in [-0.1, -0.05) is 36.4 Å². The van der Waals surface area contributed by atoms with Gasteiger partial charge in [-0.2, -0.15) is 0 Å². The van der Waals surface area contributed by atoms with Crippen molar-refractivity contribution in [3.8, 4) is 5.75 Å². The van der Waals surface area contributed by atoms with Gasteiger partial charge in [-0.3, -0.25) is 4.90 Å². The Morgan fingerprint density at radius 1 is 1.04 bits per heavy atom. The number of hydrogen-bond acceptors (Lipinski definition) is 4. The van der Waals surface area contributed by atoms with Gasteiger partial charge >= 0.3 is 6.09 Å². The van der Waals surface area contributed by atoms with Gasteiger partial charge in [-0.25, -0.2) is 4.79 Å². The van der Waals surface area contributed by atoms with Crippen LogP contribution in [0.1, 0.15) is 31.9 Å². The minimum Gasteiger partial charge on any atom is -0.495 e. The Balaban J connectivity index is 2.23. The van der Waals surface area contributed by atoms with Gasteiger partial charge in [0, 0.05) is 13.1 Å². The normalized spacial score (nSPS) is 11.0. The fourth-order valence-corrected chi connectivity index (χ4v) is 2.39. The third kappa shape index (κ3) is 5.71. The number of methoxy groups -OCH3 is 1. The molecule has 134 valence electrons. The molecule has 0 spiro atoms. The predicted molar refractivity (Wildman–Crippen MR) is 99.3 cm³/mol. The summed E-state index contributed by atoms with van der Waals surface area (Å²) in [4.78, 5) is 14.3. The van der Waals surface area contributed by atoms with E-state index in [-0.39, 0.29) is 6.09 Å². The van der Waals surface area contributed by atoms with Crippen molar-refractivity contribution in [3.05, 3.63) is 59.7 Å². The zero-order valence-electron chi connectivity index (χ0n) is 15.3. The van der Waals surface area contributed by atoms with Crippen LogP contribution < -0.4 is 10.5 Å². The van der Waals surface area contributed by atoms with Crippen LogP contribution in [-0.2, 0) is 17.8 Å². The van der Waals surface area contributed by atoms with E-state index >= 15 is 0 Å². The maximum atomic E-state index is 12.6. The largest absolute Gasteiger partial charge is 0.495 e. The fourth-order valence-electron chi connectivity index (χ4n) is 2.39. The second-order valence-electron chi connectivity index (χ2n) is 6.90. The molecule has 25 heavy (non-hydrogen) atoms. The number of hydrogen-bond donors (Lipinski definition) is 1. The lowest BCUT2D eigenvalue weighted by molar-refractivity contribution is 0.0216. The maximum absolute atomic E-state index is 12.6. The first-order chi connectivity index (χ1) is 11.8. The summed E-state index contributed by atoms with van der Waals surface area (Å²) in [6.45, 7) is 6.44. The molecule has 0 aliphatic heterocycles. The second-order valence-corrected chi connectivity index (χ2v) is 6.90. The van der Waals surface area contributed by atoms with E-state index in [0.717, 1.165) is 11.1 Å². The molecule has 0 saturated carbocycles. The number of rotatable bonds is 5. The maximum Gasteiger partial charge on any atom is 0.410 e. The lowest BCUT2D eigenvalue weighted by atomic mass is 10.1. The van der Waals surface area contributed by atoms with Crippen LogP contribution >= 0.6 is 0 Å². The Bertz CT molecular complexity index is 709. The molecule has 1 amide bonds. The summed E-state index contributed by atoms with van der Waals surface area (Å²) in [7, 11) is 1.57. The van der Waals surface area contributed by atoms with Crippen molar-refractivity contribution in [1.29, 1.82) is 0 Å². The lowest BCUT2D eigenvalue weighted by Crippen LogP contribution is -2.36. The van der Waals surface area contributed by atoms with Gasteiger partial charge < -0.3 is 15.2 Å². The molecule has 5 nitrogen and oxygen atoms in total. The van der Waals surface area contributed by atoms with E-state index in [1.807, 2.05) is 63.2 Å². The molecule has 2 aromatic rings. The van der Waals surface area contributed by atoms with Crippen LogP contribution in [0.3, 0.4) is 0 Å². The first kappa shape index (κ1) is 18.6. The number of nitrogen functional groups attached to an aromatic ring is 1. The molecule has 0 saturated heterocycles. The number of anilines is 1. The van der Waals surface area contributed by atoms with Crippen LogP contribution in [-0.4, -0.2) is 23.7 Å². The monoisotopic (exact) mass is 342 g/mol. The highest BCUT2D eigenvalue weighted by Gasteiger charge is 2.22. The minimum absolute atomic E-state index is 0.354. The number of carbonyl (C=O) groups is 1. The Morgan fingerprint density at radius 2 is 1.68 bits per heavy atom. The third-order valence-electron chi connectivity index (χ3n) is 3.54. The lowest BCUT2D eigenvalue weighted by Gasteiger charge is -2.27. The van der Waals surface area contributed by atoms with E-state index < -0.39 is 5.60 Å². The van der Waals surface area contributed by atoms with Crippen LogP contribution in [0.15, 0.2) is 48.5 Å². The molecule has 0 fully saturated rings. The molecule has 0 aromatic heterocycles. The molecule has 0 aliphatic carbocycles. The van der Waals surface area contributed by atoms with E-state index in [1.165, 1.54) is 0 Å². The van der Waals surface area contributed by atoms with Gasteiger partial charge in [0.1, 0.15) is 11.4 Å². The topological polar surface area (TPSA) is 64.8 Å². The van der Waals surface area contributed by atoms with Crippen molar-refractivity contribution in [3.63, 3.8) is 0 Å². The number of amides is 1. The van der Waals surface area contributed by atoms with Gasteiger partial charge in [0.2, 0.25) is 0 Å². The number of benzene rings is 2. The minimum atomic E-state index is -0.551. The first-order valence-electron chi connectivity index (χ1n) is 8.23. The van der Waals surface area contributed by atoms with E-state index in [1.54, 1.807) is 18.1 Å². The summed E-state index contributed by atoms with van der Waals surface area (Å²) in [5, 5.41) is 0. The number of nitrogens with zero attached hydrogens (tertiary/aromatic N) is 1. The van der Waals surface area contributed by atoms with Crippen molar-refractivity contribution in [2.24, 2.45) is 0 Å². The summed E-state index contributed by atoms with van der Waals surface area (Å²) < 4.78 is 10.8. The van der Waals surface area contributed by atoms with Crippen molar-refractivity contribution in [1.82, 2.24) is 4.90 Å².